The lowest BCUT2D eigenvalue weighted by atomic mass is 9.94. The van der Waals surface area contributed by atoms with Crippen LogP contribution in [0.25, 0.3) is 0 Å². The van der Waals surface area contributed by atoms with Crippen LogP contribution in [0.4, 0.5) is 10.5 Å². The van der Waals surface area contributed by atoms with Gasteiger partial charge in [-0.2, -0.15) is 0 Å². The average molecular weight is 493 g/mol. The van der Waals surface area contributed by atoms with Gasteiger partial charge in [0, 0.05) is 49.7 Å². The highest BCUT2D eigenvalue weighted by Gasteiger charge is 2.36. The Balaban J connectivity index is 1.59. The maximum atomic E-state index is 13.2. The van der Waals surface area contributed by atoms with Crippen LogP contribution in [0, 0.1) is 13.8 Å². The number of nitrogens with one attached hydrogen (secondary N) is 2. The summed E-state index contributed by atoms with van der Waals surface area (Å²) in [5, 5.41) is 5.81. The molecule has 2 aromatic carbocycles. The highest BCUT2D eigenvalue weighted by atomic mass is 16.5. The first-order valence-electron chi connectivity index (χ1n) is 12.6. The van der Waals surface area contributed by atoms with Gasteiger partial charge in [-0.05, 0) is 51.0 Å². The third-order valence-electron chi connectivity index (χ3n) is 6.64. The molecule has 2 aliphatic rings. The Bertz CT molecular complexity index is 1140. The third-order valence-corrected chi connectivity index (χ3v) is 6.64. The summed E-state index contributed by atoms with van der Waals surface area (Å²) in [6, 6.07) is 13.0. The molecule has 1 unspecified atom stereocenters. The van der Waals surface area contributed by atoms with E-state index in [0.29, 0.717) is 30.2 Å². The van der Waals surface area contributed by atoms with Crippen LogP contribution in [0.2, 0.25) is 0 Å². The van der Waals surface area contributed by atoms with Crippen molar-refractivity contribution in [2.24, 2.45) is 0 Å². The number of aryl methyl sites for hydroxylation is 2. The fourth-order valence-electron chi connectivity index (χ4n) is 4.86. The molecular formula is C28H36N4O4. The fourth-order valence-corrected chi connectivity index (χ4v) is 4.86. The van der Waals surface area contributed by atoms with Crippen LogP contribution in [0.1, 0.15) is 36.6 Å². The lowest BCUT2D eigenvalue weighted by Crippen LogP contribution is -2.52. The van der Waals surface area contributed by atoms with Gasteiger partial charge in [-0.3, -0.25) is 4.90 Å². The van der Waals surface area contributed by atoms with Gasteiger partial charge in [0.05, 0.1) is 24.8 Å². The first-order chi connectivity index (χ1) is 17.4. The number of nitrogens with zero attached hydrogens (tertiary/aromatic N) is 2. The zero-order chi connectivity index (χ0) is 25.7. The predicted molar refractivity (Wildman–Crippen MR) is 140 cm³/mol. The van der Waals surface area contributed by atoms with Gasteiger partial charge in [-0.15, -0.1) is 0 Å². The monoisotopic (exact) mass is 492 g/mol. The Kier molecular flexibility index (Phi) is 8.15. The maximum absolute atomic E-state index is 13.2. The van der Waals surface area contributed by atoms with Gasteiger partial charge in [0.2, 0.25) is 0 Å². The summed E-state index contributed by atoms with van der Waals surface area (Å²) in [5.74, 6) is 0.195. The van der Waals surface area contributed by atoms with Crippen LogP contribution in [0.15, 0.2) is 53.7 Å². The number of para-hydroxylation sites is 1. The molecule has 0 aliphatic carbocycles. The fraction of sp³-hybridized carbons (Fsp3) is 0.429. The first kappa shape index (κ1) is 25.6. The Hall–Kier alpha value is -3.52. The second-order valence-electron chi connectivity index (χ2n) is 9.17. The van der Waals surface area contributed by atoms with E-state index >= 15 is 0 Å². The summed E-state index contributed by atoms with van der Waals surface area (Å²) >= 11 is 0. The average Bonchev–Trinajstić information content (AvgIpc) is 2.86. The van der Waals surface area contributed by atoms with Crippen molar-refractivity contribution in [2.45, 2.75) is 33.7 Å². The Morgan fingerprint density at radius 3 is 2.50 bits per heavy atom. The van der Waals surface area contributed by atoms with Crippen LogP contribution in [-0.2, 0) is 9.53 Å². The largest absolute Gasteiger partial charge is 0.494 e. The number of hydrogen-bond acceptors (Lipinski definition) is 6. The summed E-state index contributed by atoms with van der Waals surface area (Å²) in [7, 11) is 0. The second-order valence-corrected chi connectivity index (χ2v) is 9.17. The van der Waals surface area contributed by atoms with Crippen LogP contribution >= 0.6 is 0 Å². The van der Waals surface area contributed by atoms with Crippen molar-refractivity contribution in [3.8, 4) is 5.75 Å². The van der Waals surface area contributed by atoms with Crippen molar-refractivity contribution >= 4 is 17.7 Å². The normalized spacial score (nSPS) is 18.5. The van der Waals surface area contributed by atoms with Crippen molar-refractivity contribution in [2.75, 3.05) is 50.8 Å². The van der Waals surface area contributed by atoms with Crippen molar-refractivity contribution in [3.63, 3.8) is 0 Å². The van der Waals surface area contributed by atoms with Gasteiger partial charge in [0.25, 0.3) is 0 Å². The number of piperazine rings is 1. The Morgan fingerprint density at radius 2 is 1.78 bits per heavy atom. The van der Waals surface area contributed by atoms with Crippen molar-refractivity contribution in [1.29, 1.82) is 0 Å². The molecule has 8 nitrogen and oxygen atoms in total. The number of benzene rings is 2. The van der Waals surface area contributed by atoms with E-state index in [-0.39, 0.29) is 12.6 Å². The topological polar surface area (TPSA) is 83.1 Å². The minimum atomic E-state index is -0.660. The summed E-state index contributed by atoms with van der Waals surface area (Å²) < 4.78 is 11.2. The highest BCUT2D eigenvalue weighted by Crippen LogP contribution is 2.34. The molecule has 2 aliphatic heterocycles. The number of anilines is 1. The maximum Gasteiger partial charge on any atom is 0.338 e. The smallest absolute Gasteiger partial charge is 0.338 e. The molecule has 1 fully saturated rings. The molecular weight excluding hydrogens is 456 g/mol. The van der Waals surface area contributed by atoms with Crippen LogP contribution < -0.4 is 20.3 Å². The van der Waals surface area contributed by atoms with Gasteiger partial charge in [-0.25, -0.2) is 9.59 Å². The molecule has 36 heavy (non-hydrogen) atoms. The molecule has 0 bridgehead atoms. The lowest BCUT2D eigenvalue weighted by molar-refractivity contribution is -0.139. The van der Waals surface area contributed by atoms with Crippen molar-refractivity contribution in [1.82, 2.24) is 15.5 Å². The number of urea groups is 1. The van der Waals surface area contributed by atoms with E-state index in [1.54, 1.807) is 6.92 Å². The van der Waals surface area contributed by atoms with Gasteiger partial charge in [0.15, 0.2) is 0 Å². The molecule has 192 valence electrons. The van der Waals surface area contributed by atoms with Crippen molar-refractivity contribution < 1.29 is 19.1 Å². The Morgan fingerprint density at radius 1 is 1.03 bits per heavy atom. The standard InChI is InChI=1S/C28H36N4O4/c1-5-35-24-10-8-7-9-21(24)26-25(27(33)36-6-2)22(29-28(34)30-26)18-31-13-15-32(16-14-31)23-17-19(3)11-12-20(23)4/h7-12,17,26H,5-6,13-16,18H2,1-4H3,(H2,29,30,34). The summed E-state index contributed by atoms with van der Waals surface area (Å²) in [6.07, 6.45) is 0. The molecule has 0 spiro atoms. The zero-order valence-electron chi connectivity index (χ0n) is 21.6. The number of rotatable bonds is 8. The van der Waals surface area contributed by atoms with Gasteiger partial charge < -0.3 is 25.0 Å². The number of hydrogen-bond donors (Lipinski definition) is 2. The molecule has 4 rings (SSSR count). The quantitative estimate of drug-likeness (QED) is 0.547. The van der Waals surface area contributed by atoms with E-state index in [9.17, 15) is 9.59 Å². The zero-order valence-corrected chi connectivity index (χ0v) is 21.6. The molecule has 0 saturated carbocycles. The van der Waals surface area contributed by atoms with E-state index in [1.807, 2.05) is 31.2 Å². The molecule has 0 aromatic heterocycles. The number of amides is 2. The summed E-state index contributed by atoms with van der Waals surface area (Å²) in [5.41, 5.74) is 5.51. The molecule has 2 aromatic rings. The molecule has 8 heteroatoms. The van der Waals surface area contributed by atoms with Gasteiger partial charge in [0.1, 0.15) is 5.75 Å². The summed E-state index contributed by atoms with van der Waals surface area (Å²) in [6.45, 7) is 12.5. The SMILES string of the molecule is CCOC(=O)C1=C(CN2CCN(c3cc(C)ccc3C)CC2)NC(=O)NC1c1ccccc1OCC. The molecule has 2 heterocycles. The molecule has 2 amide bonds. The second kappa shape index (κ2) is 11.5. The van der Waals surface area contributed by atoms with Crippen LogP contribution in [0.3, 0.4) is 0 Å². The molecule has 1 atom stereocenters. The number of ether oxygens (including phenoxy) is 2. The first-order valence-corrected chi connectivity index (χ1v) is 12.6. The third kappa shape index (κ3) is 5.65. The Labute approximate surface area is 213 Å². The van der Waals surface area contributed by atoms with Crippen LogP contribution in [0.5, 0.6) is 5.75 Å². The minimum absolute atomic E-state index is 0.248. The minimum Gasteiger partial charge on any atom is -0.494 e. The van der Waals surface area contributed by atoms with E-state index in [2.05, 4.69) is 52.5 Å². The number of esters is 1. The van der Waals surface area contributed by atoms with Gasteiger partial charge in [-0.1, -0.05) is 30.3 Å². The lowest BCUT2D eigenvalue weighted by Gasteiger charge is -2.38. The molecule has 0 radical (unpaired) electrons. The van der Waals surface area contributed by atoms with E-state index in [4.69, 9.17) is 9.47 Å². The predicted octanol–water partition coefficient (Wildman–Crippen LogP) is 3.70. The number of carbonyl (C=O) groups excluding carboxylic acids is 2. The van der Waals surface area contributed by atoms with E-state index in [0.717, 1.165) is 31.7 Å². The molecule has 2 N–H and O–H groups in total. The van der Waals surface area contributed by atoms with E-state index in [1.165, 1.54) is 16.8 Å². The van der Waals surface area contributed by atoms with Crippen molar-refractivity contribution in [3.05, 3.63) is 70.4 Å². The van der Waals surface area contributed by atoms with Gasteiger partial charge >= 0.3 is 12.0 Å². The highest BCUT2D eigenvalue weighted by molar-refractivity contribution is 5.95. The molecule has 1 saturated heterocycles. The van der Waals surface area contributed by atoms with E-state index < -0.39 is 12.0 Å². The summed E-state index contributed by atoms with van der Waals surface area (Å²) in [4.78, 5) is 30.6. The van der Waals surface area contributed by atoms with Crippen LogP contribution in [-0.4, -0.2) is 62.8 Å². The number of carbonyl (C=O) groups is 2.